The Bertz CT molecular complexity index is 566. The zero-order valence-corrected chi connectivity index (χ0v) is 14.8. The van der Waals surface area contributed by atoms with Crippen LogP contribution in [-0.4, -0.2) is 31.4 Å². The third kappa shape index (κ3) is 6.16. The van der Waals surface area contributed by atoms with Gasteiger partial charge in [0.25, 0.3) is 0 Å². The lowest BCUT2D eigenvalue weighted by Crippen LogP contribution is -2.34. The number of thiophene rings is 1. The van der Waals surface area contributed by atoms with Crippen LogP contribution < -0.4 is 5.32 Å². The molecule has 124 valence electrons. The lowest BCUT2D eigenvalue weighted by atomic mass is 10.1. The summed E-state index contributed by atoms with van der Waals surface area (Å²) in [6.45, 7) is 0.672. The Hall–Kier alpha value is -1.65. The van der Waals surface area contributed by atoms with Crippen LogP contribution in [0.1, 0.15) is 35.7 Å². The average molecular weight is 330 g/mol. The number of aryl methyl sites for hydroxylation is 1. The van der Waals surface area contributed by atoms with E-state index in [-0.39, 0.29) is 11.9 Å². The Morgan fingerprint density at radius 1 is 1.13 bits per heavy atom. The standard InChI is InChI=1S/C19H26N2OS/c1-21(2)17(18-12-8-14-23-18)15-20-19(22)13-7-6-11-16-9-4-3-5-10-16/h3-5,8-10,12,14,17H,6-7,11,13,15H2,1-2H3,(H,20,22). The minimum atomic E-state index is 0.154. The molecular formula is C19H26N2OS. The van der Waals surface area contributed by atoms with Gasteiger partial charge in [-0.3, -0.25) is 4.79 Å². The zero-order valence-electron chi connectivity index (χ0n) is 14.0. The second-order valence-corrected chi connectivity index (χ2v) is 6.97. The summed E-state index contributed by atoms with van der Waals surface area (Å²) in [5.41, 5.74) is 1.35. The first kappa shape index (κ1) is 17.7. The van der Waals surface area contributed by atoms with Gasteiger partial charge in [-0.15, -0.1) is 11.3 Å². The van der Waals surface area contributed by atoms with Gasteiger partial charge in [0.2, 0.25) is 5.91 Å². The van der Waals surface area contributed by atoms with Gasteiger partial charge in [0, 0.05) is 17.8 Å². The van der Waals surface area contributed by atoms with E-state index >= 15 is 0 Å². The average Bonchev–Trinajstić information content (AvgIpc) is 3.06. The summed E-state index contributed by atoms with van der Waals surface area (Å²) in [5, 5.41) is 5.16. The van der Waals surface area contributed by atoms with Crippen molar-refractivity contribution < 1.29 is 4.79 Å². The van der Waals surface area contributed by atoms with E-state index in [0.717, 1.165) is 19.3 Å². The van der Waals surface area contributed by atoms with E-state index in [9.17, 15) is 4.79 Å². The number of rotatable bonds is 9. The largest absolute Gasteiger partial charge is 0.354 e. The van der Waals surface area contributed by atoms with Gasteiger partial charge in [0.1, 0.15) is 0 Å². The molecule has 1 atom stereocenters. The summed E-state index contributed by atoms with van der Waals surface area (Å²) < 4.78 is 0. The molecule has 0 aliphatic heterocycles. The van der Waals surface area contributed by atoms with Crippen LogP contribution >= 0.6 is 11.3 Å². The number of likely N-dealkylation sites (N-methyl/N-ethyl adjacent to an activating group) is 1. The molecule has 1 heterocycles. The van der Waals surface area contributed by atoms with Gasteiger partial charge in [-0.05, 0) is 50.4 Å². The number of amides is 1. The fourth-order valence-corrected chi connectivity index (χ4v) is 3.50. The van der Waals surface area contributed by atoms with Gasteiger partial charge in [-0.1, -0.05) is 36.4 Å². The number of benzene rings is 1. The van der Waals surface area contributed by atoms with Crippen molar-refractivity contribution in [1.82, 2.24) is 10.2 Å². The molecule has 0 saturated carbocycles. The first-order chi connectivity index (χ1) is 11.2. The van der Waals surface area contributed by atoms with E-state index in [4.69, 9.17) is 0 Å². The van der Waals surface area contributed by atoms with Gasteiger partial charge >= 0.3 is 0 Å². The van der Waals surface area contributed by atoms with Gasteiger partial charge in [-0.25, -0.2) is 0 Å². The first-order valence-corrected chi connectivity index (χ1v) is 9.05. The molecular weight excluding hydrogens is 304 g/mol. The fourth-order valence-electron chi connectivity index (χ4n) is 2.58. The van der Waals surface area contributed by atoms with Crippen LogP contribution in [0, 0.1) is 0 Å². The highest BCUT2D eigenvalue weighted by Crippen LogP contribution is 2.22. The predicted octanol–water partition coefficient (Wildman–Crippen LogP) is 3.88. The molecule has 0 saturated heterocycles. The minimum absolute atomic E-state index is 0.154. The van der Waals surface area contributed by atoms with Crippen LogP contribution in [0.15, 0.2) is 47.8 Å². The van der Waals surface area contributed by atoms with Crippen LogP contribution in [0.5, 0.6) is 0 Å². The van der Waals surface area contributed by atoms with E-state index < -0.39 is 0 Å². The zero-order chi connectivity index (χ0) is 16.5. The SMILES string of the molecule is CN(C)C(CNC(=O)CCCCc1ccccc1)c1cccs1. The molecule has 1 aromatic heterocycles. The highest BCUT2D eigenvalue weighted by molar-refractivity contribution is 7.10. The molecule has 0 aliphatic carbocycles. The molecule has 2 rings (SSSR count). The van der Waals surface area contributed by atoms with Crippen LogP contribution in [0.4, 0.5) is 0 Å². The van der Waals surface area contributed by atoms with E-state index in [1.54, 1.807) is 11.3 Å². The lowest BCUT2D eigenvalue weighted by molar-refractivity contribution is -0.121. The molecule has 1 amide bonds. The van der Waals surface area contributed by atoms with Crippen molar-refractivity contribution in [3.8, 4) is 0 Å². The third-order valence-electron chi connectivity index (χ3n) is 3.95. The molecule has 1 aromatic carbocycles. The maximum atomic E-state index is 12.0. The van der Waals surface area contributed by atoms with Crippen LogP contribution in [-0.2, 0) is 11.2 Å². The van der Waals surface area contributed by atoms with Crippen LogP contribution in [0.2, 0.25) is 0 Å². The molecule has 2 aromatic rings. The van der Waals surface area contributed by atoms with E-state index in [1.165, 1.54) is 10.4 Å². The van der Waals surface area contributed by atoms with E-state index in [2.05, 4.69) is 66.1 Å². The summed E-state index contributed by atoms with van der Waals surface area (Å²) in [5.74, 6) is 0.154. The molecule has 0 bridgehead atoms. The highest BCUT2D eigenvalue weighted by Gasteiger charge is 2.15. The molecule has 0 spiro atoms. The Balaban J connectivity index is 1.66. The summed E-state index contributed by atoms with van der Waals surface area (Å²) >= 11 is 1.74. The third-order valence-corrected chi connectivity index (χ3v) is 4.92. The van der Waals surface area contributed by atoms with E-state index in [1.807, 2.05) is 6.07 Å². The maximum Gasteiger partial charge on any atom is 0.220 e. The summed E-state index contributed by atoms with van der Waals surface area (Å²) in [6.07, 6.45) is 3.65. The van der Waals surface area contributed by atoms with Gasteiger partial charge in [-0.2, -0.15) is 0 Å². The highest BCUT2D eigenvalue weighted by atomic mass is 32.1. The first-order valence-electron chi connectivity index (χ1n) is 8.17. The second kappa shape index (κ2) is 9.48. The van der Waals surface area contributed by atoms with Crippen molar-refractivity contribution in [3.05, 3.63) is 58.3 Å². The van der Waals surface area contributed by atoms with Crippen molar-refractivity contribution >= 4 is 17.2 Å². The normalized spacial score (nSPS) is 12.3. The maximum absolute atomic E-state index is 12.0. The van der Waals surface area contributed by atoms with Crippen molar-refractivity contribution in [2.24, 2.45) is 0 Å². The van der Waals surface area contributed by atoms with Crippen LogP contribution in [0.25, 0.3) is 0 Å². The Morgan fingerprint density at radius 3 is 2.57 bits per heavy atom. The Morgan fingerprint density at radius 2 is 1.91 bits per heavy atom. The Labute approximate surface area is 143 Å². The second-order valence-electron chi connectivity index (χ2n) is 5.99. The quantitative estimate of drug-likeness (QED) is 0.708. The van der Waals surface area contributed by atoms with Crippen molar-refractivity contribution in [2.75, 3.05) is 20.6 Å². The van der Waals surface area contributed by atoms with Crippen molar-refractivity contribution in [3.63, 3.8) is 0 Å². The summed E-state index contributed by atoms with van der Waals surface area (Å²) in [4.78, 5) is 15.5. The van der Waals surface area contributed by atoms with Gasteiger partial charge in [0.15, 0.2) is 0 Å². The fraction of sp³-hybridized carbons (Fsp3) is 0.421. The number of unbranched alkanes of at least 4 members (excludes halogenated alkanes) is 1. The molecule has 0 radical (unpaired) electrons. The summed E-state index contributed by atoms with van der Waals surface area (Å²) in [7, 11) is 4.10. The lowest BCUT2D eigenvalue weighted by Gasteiger charge is -2.23. The molecule has 4 heteroatoms. The molecule has 1 unspecified atom stereocenters. The molecule has 23 heavy (non-hydrogen) atoms. The van der Waals surface area contributed by atoms with Gasteiger partial charge in [0.05, 0.1) is 6.04 Å². The van der Waals surface area contributed by atoms with Gasteiger partial charge < -0.3 is 10.2 Å². The predicted molar refractivity (Wildman–Crippen MR) is 97.8 cm³/mol. The molecule has 3 nitrogen and oxygen atoms in total. The monoisotopic (exact) mass is 330 g/mol. The number of carbonyl (C=O) groups is 1. The number of carbonyl (C=O) groups excluding carboxylic acids is 1. The number of hydrogen-bond acceptors (Lipinski definition) is 3. The minimum Gasteiger partial charge on any atom is -0.354 e. The van der Waals surface area contributed by atoms with Crippen molar-refractivity contribution in [1.29, 1.82) is 0 Å². The number of nitrogens with one attached hydrogen (secondary N) is 1. The van der Waals surface area contributed by atoms with Crippen molar-refractivity contribution in [2.45, 2.75) is 31.7 Å². The van der Waals surface area contributed by atoms with E-state index in [0.29, 0.717) is 13.0 Å². The number of hydrogen-bond donors (Lipinski definition) is 1. The number of nitrogens with zero attached hydrogens (tertiary/aromatic N) is 1. The smallest absolute Gasteiger partial charge is 0.220 e. The molecule has 0 fully saturated rings. The van der Waals surface area contributed by atoms with Crippen LogP contribution in [0.3, 0.4) is 0 Å². The summed E-state index contributed by atoms with van der Waals surface area (Å²) in [6, 6.07) is 14.9. The molecule has 1 N–H and O–H groups in total. The molecule has 0 aliphatic rings. The Kier molecular flexibility index (Phi) is 7.30. The topological polar surface area (TPSA) is 32.3 Å².